The van der Waals surface area contributed by atoms with Crippen molar-refractivity contribution in [2.45, 2.75) is 64.7 Å². The summed E-state index contributed by atoms with van der Waals surface area (Å²) in [6.07, 6.45) is 4.31. The molecule has 1 amide bonds. The Labute approximate surface area is 308 Å². The Morgan fingerprint density at radius 3 is 2.06 bits per heavy atom. The standard InChI is InChI=1S/C41H45N3O9/c1-50-37-14-11-26(35-21-38(53-44-35)28-18-29(22-45)33(25-48)30(19-28)23-46)20-39(37)52-16-8-4-2-3-7-15-51-36-13-12-27(17-31(36)24-47)40-42-34-10-6-5-9-32(34)41(49)43-40/h5-6,9-14,17-21,40,42,45-48H,2-4,7-8,15-16,22-25H2,1H3,(H,43,49). The minimum Gasteiger partial charge on any atom is -0.493 e. The van der Waals surface area contributed by atoms with E-state index < -0.39 is 6.17 Å². The van der Waals surface area contributed by atoms with E-state index in [1.165, 1.54) is 0 Å². The summed E-state index contributed by atoms with van der Waals surface area (Å²) < 4.78 is 23.3. The van der Waals surface area contributed by atoms with Crippen molar-refractivity contribution in [1.29, 1.82) is 0 Å². The second-order valence-corrected chi connectivity index (χ2v) is 12.8. The van der Waals surface area contributed by atoms with Gasteiger partial charge in [0.2, 0.25) is 0 Å². The van der Waals surface area contributed by atoms with Gasteiger partial charge in [-0.3, -0.25) is 4.79 Å². The van der Waals surface area contributed by atoms with Crippen LogP contribution in [0.5, 0.6) is 17.2 Å². The van der Waals surface area contributed by atoms with Crippen LogP contribution in [0.25, 0.3) is 22.6 Å². The molecule has 4 aromatic carbocycles. The fraction of sp³-hybridized carbons (Fsp3) is 0.317. The van der Waals surface area contributed by atoms with Gasteiger partial charge in [0.15, 0.2) is 17.3 Å². The maximum absolute atomic E-state index is 12.6. The van der Waals surface area contributed by atoms with E-state index in [1.807, 2.05) is 54.6 Å². The molecule has 5 aromatic rings. The highest BCUT2D eigenvalue weighted by Crippen LogP contribution is 2.35. The first-order chi connectivity index (χ1) is 26.0. The van der Waals surface area contributed by atoms with Gasteiger partial charge in [0.05, 0.1) is 52.3 Å². The Morgan fingerprint density at radius 2 is 1.36 bits per heavy atom. The van der Waals surface area contributed by atoms with Crippen LogP contribution in [-0.2, 0) is 26.4 Å². The molecule has 0 spiro atoms. The highest BCUT2D eigenvalue weighted by molar-refractivity contribution is 6.01. The maximum atomic E-state index is 12.6. The van der Waals surface area contributed by atoms with Crippen molar-refractivity contribution < 1.29 is 44.0 Å². The molecule has 278 valence electrons. The smallest absolute Gasteiger partial charge is 0.255 e. The molecule has 1 aliphatic heterocycles. The SMILES string of the molecule is COc1ccc(-c2cc(-c3cc(CO)c(CO)c(CO)c3)on2)cc1OCCCCCCCOc1ccc(C2NC(=O)c3ccccc3N2)cc1CO. The van der Waals surface area contributed by atoms with Crippen molar-refractivity contribution in [3.63, 3.8) is 0 Å². The van der Waals surface area contributed by atoms with Crippen molar-refractivity contribution >= 4 is 11.6 Å². The number of carbonyl (C=O) groups is 1. The molecule has 53 heavy (non-hydrogen) atoms. The van der Waals surface area contributed by atoms with Gasteiger partial charge in [-0.05, 0) is 89.7 Å². The average Bonchev–Trinajstić information content (AvgIpc) is 3.70. The van der Waals surface area contributed by atoms with Crippen LogP contribution in [0.15, 0.2) is 83.4 Å². The predicted octanol–water partition coefficient (Wildman–Crippen LogP) is 6.25. The van der Waals surface area contributed by atoms with Gasteiger partial charge >= 0.3 is 0 Å². The van der Waals surface area contributed by atoms with Crippen molar-refractivity contribution in [3.05, 3.63) is 112 Å². The average molecular weight is 724 g/mol. The number of amides is 1. The highest BCUT2D eigenvalue weighted by atomic mass is 16.5. The number of nitrogens with zero attached hydrogens (tertiary/aromatic N) is 1. The zero-order chi connectivity index (χ0) is 37.2. The normalized spacial score (nSPS) is 13.6. The fourth-order valence-corrected chi connectivity index (χ4v) is 6.44. The number of nitrogens with one attached hydrogen (secondary N) is 2. The highest BCUT2D eigenvalue weighted by Gasteiger charge is 2.25. The van der Waals surface area contributed by atoms with Crippen LogP contribution in [0, 0.1) is 0 Å². The Morgan fingerprint density at radius 1 is 0.679 bits per heavy atom. The molecule has 12 nitrogen and oxygen atoms in total. The summed E-state index contributed by atoms with van der Waals surface area (Å²) in [4.78, 5) is 12.6. The number of fused-ring (bicyclic) bond motifs is 1. The summed E-state index contributed by atoms with van der Waals surface area (Å²) in [7, 11) is 1.59. The quantitative estimate of drug-likeness (QED) is 0.0564. The lowest BCUT2D eigenvalue weighted by Gasteiger charge is -2.28. The van der Waals surface area contributed by atoms with Crippen LogP contribution in [0.4, 0.5) is 5.69 Å². The zero-order valence-electron chi connectivity index (χ0n) is 29.6. The number of aliphatic hydroxyl groups is 4. The molecule has 0 bridgehead atoms. The van der Waals surface area contributed by atoms with E-state index in [1.54, 1.807) is 31.4 Å². The molecule has 1 aliphatic rings. The maximum Gasteiger partial charge on any atom is 0.255 e. The van der Waals surface area contributed by atoms with Gasteiger partial charge in [-0.1, -0.05) is 42.6 Å². The summed E-state index contributed by atoms with van der Waals surface area (Å²) in [6, 6.07) is 23.7. The van der Waals surface area contributed by atoms with Crippen molar-refractivity contribution in [2.75, 3.05) is 25.6 Å². The van der Waals surface area contributed by atoms with Crippen LogP contribution >= 0.6 is 0 Å². The minimum absolute atomic E-state index is 0.143. The third-order valence-electron chi connectivity index (χ3n) is 9.33. The van der Waals surface area contributed by atoms with E-state index in [2.05, 4.69) is 15.8 Å². The van der Waals surface area contributed by atoms with Gasteiger partial charge in [-0.25, -0.2) is 0 Å². The second kappa shape index (κ2) is 17.9. The third kappa shape index (κ3) is 8.81. The second-order valence-electron chi connectivity index (χ2n) is 12.8. The Hall–Kier alpha value is -5.40. The molecule has 6 rings (SSSR count). The van der Waals surface area contributed by atoms with E-state index >= 15 is 0 Å². The van der Waals surface area contributed by atoms with Gasteiger partial charge in [0.25, 0.3) is 5.91 Å². The number of ether oxygens (including phenoxy) is 3. The van der Waals surface area contributed by atoms with E-state index in [9.17, 15) is 25.2 Å². The number of anilines is 1. The number of hydrogen-bond donors (Lipinski definition) is 6. The van der Waals surface area contributed by atoms with Gasteiger partial charge in [-0.15, -0.1) is 0 Å². The van der Waals surface area contributed by atoms with Crippen molar-refractivity contribution in [3.8, 4) is 39.8 Å². The molecule has 0 saturated heterocycles. The number of para-hydroxylation sites is 1. The molecule has 0 aliphatic carbocycles. The van der Waals surface area contributed by atoms with Crippen LogP contribution in [0.2, 0.25) is 0 Å². The number of rotatable bonds is 18. The van der Waals surface area contributed by atoms with Crippen LogP contribution in [0.1, 0.15) is 76.4 Å². The largest absolute Gasteiger partial charge is 0.493 e. The molecular weight excluding hydrogens is 678 g/mol. The first kappa shape index (κ1) is 37.4. The van der Waals surface area contributed by atoms with Gasteiger partial charge < -0.3 is 49.8 Å². The number of aromatic nitrogens is 1. The first-order valence-corrected chi connectivity index (χ1v) is 17.7. The number of hydrogen-bond acceptors (Lipinski definition) is 11. The summed E-state index contributed by atoms with van der Waals surface area (Å²) >= 11 is 0. The molecule has 1 atom stereocenters. The number of aliphatic hydroxyl groups excluding tert-OH is 4. The van der Waals surface area contributed by atoms with Crippen molar-refractivity contribution in [1.82, 2.24) is 10.5 Å². The number of unbranched alkanes of at least 4 members (excludes halogenated alkanes) is 4. The van der Waals surface area contributed by atoms with Crippen LogP contribution in [0.3, 0.4) is 0 Å². The summed E-state index contributed by atoms with van der Waals surface area (Å²) in [5.74, 6) is 2.15. The van der Waals surface area contributed by atoms with Gasteiger partial charge in [0, 0.05) is 28.4 Å². The topological polar surface area (TPSA) is 176 Å². The molecular formula is C41H45N3O9. The lowest BCUT2D eigenvalue weighted by atomic mass is 9.97. The van der Waals surface area contributed by atoms with E-state index in [0.29, 0.717) is 75.3 Å². The number of benzene rings is 4. The molecule has 0 saturated carbocycles. The summed E-state index contributed by atoms with van der Waals surface area (Å²) in [5, 5.41) is 49.8. The van der Waals surface area contributed by atoms with Crippen molar-refractivity contribution in [2.24, 2.45) is 0 Å². The fourth-order valence-electron chi connectivity index (χ4n) is 6.44. The van der Waals surface area contributed by atoms with Gasteiger partial charge in [-0.2, -0.15) is 0 Å². The Balaban J connectivity index is 0.948. The minimum atomic E-state index is -0.403. The van der Waals surface area contributed by atoms with E-state index in [4.69, 9.17) is 18.7 Å². The lowest BCUT2D eigenvalue weighted by Crippen LogP contribution is -2.38. The van der Waals surface area contributed by atoms with E-state index in [0.717, 1.165) is 48.9 Å². The predicted molar refractivity (Wildman–Crippen MR) is 198 cm³/mol. The Kier molecular flexibility index (Phi) is 12.6. The van der Waals surface area contributed by atoms with Crippen LogP contribution in [-0.4, -0.2) is 51.8 Å². The monoisotopic (exact) mass is 723 g/mol. The molecule has 1 unspecified atom stereocenters. The molecule has 6 N–H and O–H groups in total. The molecule has 0 radical (unpaired) electrons. The number of carbonyl (C=O) groups excluding carboxylic acids is 1. The molecule has 0 fully saturated rings. The molecule has 2 heterocycles. The third-order valence-corrected chi connectivity index (χ3v) is 9.33. The lowest BCUT2D eigenvalue weighted by molar-refractivity contribution is 0.0935. The van der Waals surface area contributed by atoms with Crippen LogP contribution < -0.4 is 24.8 Å². The zero-order valence-corrected chi connectivity index (χ0v) is 29.6. The van der Waals surface area contributed by atoms with E-state index in [-0.39, 0.29) is 32.3 Å². The Bertz CT molecular complexity index is 1990. The molecule has 1 aromatic heterocycles. The number of methoxy groups -OCH3 is 1. The summed E-state index contributed by atoms with van der Waals surface area (Å²) in [6.45, 7) is 0.00740. The molecule has 12 heteroatoms. The van der Waals surface area contributed by atoms with Gasteiger partial charge in [0.1, 0.15) is 17.6 Å². The first-order valence-electron chi connectivity index (χ1n) is 17.7. The summed E-state index contributed by atoms with van der Waals surface area (Å²) in [5.41, 5.74) is 6.38.